The molecule has 4 rings (SSSR count). The smallest absolute Gasteiger partial charge is 0.180 e. The molecule has 0 spiro atoms. The molecule has 0 amide bonds. The fraction of sp³-hybridized carbons (Fsp3) is 0.400. The molecule has 0 unspecified atom stereocenters. The Hall–Kier alpha value is -2.76. The minimum Gasteiger partial charge on any atom is -0.364 e. The lowest BCUT2D eigenvalue weighted by Gasteiger charge is -2.10. The molecule has 0 bridgehead atoms. The van der Waals surface area contributed by atoms with Gasteiger partial charge in [0.05, 0.1) is 18.3 Å². The number of anilines is 1. The first-order valence-electron chi connectivity index (χ1n) is 9.39. The van der Waals surface area contributed by atoms with E-state index in [-0.39, 0.29) is 0 Å². The van der Waals surface area contributed by atoms with E-state index in [1.165, 1.54) is 25.7 Å². The Morgan fingerprint density at radius 1 is 1.12 bits per heavy atom. The Morgan fingerprint density at radius 2 is 2.00 bits per heavy atom. The topological polar surface area (TPSA) is 68.5 Å². The Labute approximate surface area is 153 Å². The summed E-state index contributed by atoms with van der Waals surface area (Å²) >= 11 is 0. The summed E-state index contributed by atoms with van der Waals surface area (Å²) in [5, 5.41) is 8.12. The summed E-state index contributed by atoms with van der Waals surface area (Å²) < 4.78 is 2.13. The molecule has 0 atom stereocenters. The predicted molar refractivity (Wildman–Crippen MR) is 102 cm³/mol. The average Bonchev–Trinajstić information content (AvgIpc) is 3.38. The zero-order valence-electron chi connectivity index (χ0n) is 15.1. The van der Waals surface area contributed by atoms with Crippen LogP contribution < -0.4 is 5.32 Å². The number of pyridine rings is 1. The number of rotatable bonds is 6. The first-order chi connectivity index (χ1) is 12.8. The number of aromatic nitrogens is 5. The normalized spacial score (nSPS) is 14.7. The van der Waals surface area contributed by atoms with E-state index in [4.69, 9.17) is 5.10 Å². The zero-order valence-corrected chi connectivity index (χ0v) is 15.1. The molecule has 26 heavy (non-hydrogen) atoms. The number of aryl methyl sites for hydroxylation is 1. The van der Waals surface area contributed by atoms with Crippen LogP contribution in [0.4, 0.5) is 5.82 Å². The summed E-state index contributed by atoms with van der Waals surface area (Å²) in [6.45, 7) is 2.75. The molecule has 1 saturated carbocycles. The molecule has 3 heterocycles. The molecule has 0 aromatic carbocycles. The van der Waals surface area contributed by atoms with Gasteiger partial charge in [-0.1, -0.05) is 25.8 Å². The van der Waals surface area contributed by atoms with E-state index in [2.05, 4.69) is 44.1 Å². The van der Waals surface area contributed by atoms with Crippen LogP contribution in [0, 0.1) is 0 Å². The van der Waals surface area contributed by atoms with Crippen molar-refractivity contribution in [1.29, 1.82) is 0 Å². The Morgan fingerprint density at radius 3 is 2.77 bits per heavy atom. The molecule has 0 aliphatic heterocycles. The van der Waals surface area contributed by atoms with Gasteiger partial charge in [-0.05, 0) is 37.5 Å². The van der Waals surface area contributed by atoms with E-state index >= 15 is 0 Å². The maximum absolute atomic E-state index is 4.73. The maximum Gasteiger partial charge on any atom is 0.180 e. The first-order valence-corrected chi connectivity index (χ1v) is 9.39. The lowest BCUT2D eigenvalue weighted by Crippen LogP contribution is -2.08. The Balaban J connectivity index is 1.49. The Kier molecular flexibility index (Phi) is 4.91. The molecule has 1 fully saturated rings. The van der Waals surface area contributed by atoms with Crippen molar-refractivity contribution in [3.8, 4) is 11.5 Å². The fourth-order valence-corrected chi connectivity index (χ4v) is 3.40. The standard InChI is InChI=1S/C20H24N6/c1-2-15-13-19(24-20(23-15)18-9-5-6-11-21-18)22-14-16-10-12-26(25-16)17-7-3-4-8-17/h5-6,9-13,17H,2-4,7-8,14H2,1H3,(H,22,23,24). The molecule has 1 aliphatic carbocycles. The number of nitrogens with zero attached hydrogens (tertiary/aromatic N) is 5. The van der Waals surface area contributed by atoms with Crippen LogP contribution in [0.2, 0.25) is 0 Å². The van der Waals surface area contributed by atoms with Gasteiger partial charge in [0.1, 0.15) is 11.5 Å². The van der Waals surface area contributed by atoms with Crippen molar-refractivity contribution < 1.29 is 0 Å². The molecule has 3 aromatic heterocycles. The van der Waals surface area contributed by atoms with Crippen LogP contribution in [0.1, 0.15) is 50.0 Å². The lowest BCUT2D eigenvalue weighted by atomic mass is 10.2. The van der Waals surface area contributed by atoms with Crippen molar-refractivity contribution in [2.45, 2.75) is 51.6 Å². The molecule has 3 aromatic rings. The summed E-state index contributed by atoms with van der Waals surface area (Å²) in [4.78, 5) is 13.6. The van der Waals surface area contributed by atoms with Crippen molar-refractivity contribution in [3.05, 3.63) is 54.1 Å². The van der Waals surface area contributed by atoms with Gasteiger partial charge in [-0.3, -0.25) is 9.67 Å². The summed E-state index contributed by atoms with van der Waals surface area (Å²) in [5.74, 6) is 1.47. The van der Waals surface area contributed by atoms with Gasteiger partial charge in [0.2, 0.25) is 0 Å². The fourth-order valence-electron chi connectivity index (χ4n) is 3.40. The molecule has 6 heteroatoms. The number of nitrogens with one attached hydrogen (secondary N) is 1. The average molecular weight is 348 g/mol. The second kappa shape index (κ2) is 7.64. The SMILES string of the molecule is CCc1cc(NCc2ccn(C3CCCC3)n2)nc(-c2ccccn2)n1. The van der Waals surface area contributed by atoms with Gasteiger partial charge < -0.3 is 5.32 Å². The van der Waals surface area contributed by atoms with E-state index in [1.807, 2.05) is 24.3 Å². The first kappa shape index (κ1) is 16.7. The minimum absolute atomic E-state index is 0.574. The van der Waals surface area contributed by atoms with Crippen LogP contribution in [-0.2, 0) is 13.0 Å². The third-order valence-electron chi connectivity index (χ3n) is 4.85. The largest absolute Gasteiger partial charge is 0.364 e. The van der Waals surface area contributed by atoms with Crippen LogP contribution in [0.5, 0.6) is 0 Å². The van der Waals surface area contributed by atoms with Crippen molar-refractivity contribution in [2.75, 3.05) is 5.32 Å². The molecular formula is C20H24N6. The summed E-state index contributed by atoms with van der Waals surface area (Å²) in [7, 11) is 0. The molecule has 6 nitrogen and oxygen atoms in total. The van der Waals surface area contributed by atoms with E-state index in [0.717, 1.165) is 29.3 Å². The highest BCUT2D eigenvalue weighted by Gasteiger charge is 2.17. The summed E-state index contributed by atoms with van der Waals surface area (Å²) in [5.41, 5.74) is 2.82. The van der Waals surface area contributed by atoms with Gasteiger partial charge >= 0.3 is 0 Å². The Bertz CT molecular complexity index is 852. The van der Waals surface area contributed by atoms with E-state index in [1.54, 1.807) is 6.20 Å². The van der Waals surface area contributed by atoms with Crippen LogP contribution in [-0.4, -0.2) is 24.7 Å². The highest BCUT2D eigenvalue weighted by atomic mass is 15.3. The van der Waals surface area contributed by atoms with Gasteiger partial charge in [0, 0.05) is 24.2 Å². The second-order valence-electron chi connectivity index (χ2n) is 6.72. The summed E-state index contributed by atoms with van der Waals surface area (Å²) in [6, 6.07) is 10.4. The van der Waals surface area contributed by atoms with Crippen LogP contribution in [0.25, 0.3) is 11.5 Å². The van der Waals surface area contributed by atoms with Crippen LogP contribution in [0.15, 0.2) is 42.7 Å². The maximum atomic E-state index is 4.73. The van der Waals surface area contributed by atoms with Crippen LogP contribution in [0.3, 0.4) is 0 Å². The minimum atomic E-state index is 0.574. The third-order valence-corrected chi connectivity index (χ3v) is 4.85. The molecule has 0 radical (unpaired) electrons. The third kappa shape index (κ3) is 3.74. The monoisotopic (exact) mass is 348 g/mol. The zero-order chi connectivity index (χ0) is 17.8. The van der Waals surface area contributed by atoms with Gasteiger partial charge in [-0.2, -0.15) is 5.10 Å². The highest BCUT2D eigenvalue weighted by molar-refractivity contribution is 5.52. The van der Waals surface area contributed by atoms with E-state index in [0.29, 0.717) is 18.4 Å². The van der Waals surface area contributed by atoms with Gasteiger partial charge in [-0.15, -0.1) is 0 Å². The predicted octanol–water partition coefficient (Wildman–Crippen LogP) is 4.02. The summed E-state index contributed by atoms with van der Waals surface area (Å²) in [6.07, 6.45) is 9.84. The van der Waals surface area contributed by atoms with Crippen LogP contribution >= 0.6 is 0 Å². The molecule has 134 valence electrons. The molecule has 1 aliphatic rings. The number of hydrogen-bond donors (Lipinski definition) is 1. The molecule has 1 N–H and O–H groups in total. The van der Waals surface area contributed by atoms with Gasteiger partial charge in [0.25, 0.3) is 0 Å². The van der Waals surface area contributed by atoms with E-state index < -0.39 is 0 Å². The second-order valence-corrected chi connectivity index (χ2v) is 6.72. The van der Waals surface area contributed by atoms with Gasteiger partial charge in [0.15, 0.2) is 5.82 Å². The highest BCUT2D eigenvalue weighted by Crippen LogP contribution is 2.28. The van der Waals surface area contributed by atoms with E-state index in [9.17, 15) is 0 Å². The van der Waals surface area contributed by atoms with Crippen molar-refractivity contribution >= 4 is 5.82 Å². The van der Waals surface area contributed by atoms with Crippen molar-refractivity contribution in [1.82, 2.24) is 24.7 Å². The molecular weight excluding hydrogens is 324 g/mol. The number of hydrogen-bond acceptors (Lipinski definition) is 5. The molecule has 0 saturated heterocycles. The van der Waals surface area contributed by atoms with Crippen molar-refractivity contribution in [2.24, 2.45) is 0 Å². The quantitative estimate of drug-likeness (QED) is 0.728. The van der Waals surface area contributed by atoms with Gasteiger partial charge in [-0.25, -0.2) is 9.97 Å². The van der Waals surface area contributed by atoms with Crippen molar-refractivity contribution in [3.63, 3.8) is 0 Å². The lowest BCUT2D eigenvalue weighted by molar-refractivity contribution is 0.463.